The lowest BCUT2D eigenvalue weighted by atomic mass is 11.4. The van der Waals surface area contributed by atoms with Crippen LogP contribution in [0.25, 0.3) is 0 Å². The Balaban J connectivity index is 2.47. The molecule has 0 radical (unpaired) electrons. The van der Waals surface area contributed by atoms with Crippen molar-refractivity contribution in [1.82, 2.24) is 0 Å². The molecule has 0 aromatic rings. The van der Waals surface area contributed by atoms with Crippen LogP contribution in [0.5, 0.6) is 0 Å². The van der Waals surface area contributed by atoms with Crippen molar-refractivity contribution in [2.24, 2.45) is 0 Å². The summed E-state index contributed by atoms with van der Waals surface area (Å²) < 4.78 is 3.82. The van der Waals surface area contributed by atoms with Crippen LogP contribution in [0.15, 0.2) is 0 Å². The molecule has 0 N–H and O–H groups in total. The van der Waals surface area contributed by atoms with E-state index in [4.69, 9.17) is 0 Å². The maximum absolute atomic E-state index is 9.63. The molecule has 1 heterocycles. The Labute approximate surface area is 37.7 Å². The van der Waals surface area contributed by atoms with Gasteiger partial charge >= 0.3 is 10.6 Å². The highest BCUT2D eigenvalue weighted by molar-refractivity contribution is 8.28. The van der Waals surface area contributed by atoms with Crippen molar-refractivity contribution < 1.29 is 14.3 Å². The molecular weight excluding hydrogens is 104 g/mol. The van der Waals surface area contributed by atoms with Crippen molar-refractivity contribution in [3.8, 4) is 0 Å². The van der Waals surface area contributed by atoms with Gasteiger partial charge in [-0.3, -0.25) is 0 Å². The van der Waals surface area contributed by atoms with Crippen LogP contribution in [-0.4, -0.2) is 10.6 Å². The van der Waals surface area contributed by atoms with Crippen molar-refractivity contribution in [3.05, 3.63) is 0 Å². The molecule has 6 heavy (non-hydrogen) atoms. The van der Waals surface area contributed by atoms with Crippen LogP contribution in [-0.2, 0) is 4.74 Å². The summed E-state index contributed by atoms with van der Waals surface area (Å²) in [4.78, 5) is 19.3. The van der Waals surface area contributed by atoms with E-state index in [2.05, 4.69) is 4.74 Å². The van der Waals surface area contributed by atoms with E-state index < -0.39 is 10.6 Å². The topological polar surface area (TPSA) is 43.4 Å². The highest BCUT2D eigenvalue weighted by atomic mass is 32.2. The molecule has 0 atom stereocenters. The third-order valence-corrected chi connectivity index (χ3v) is 0.833. The Morgan fingerprint density at radius 3 is 1.67 bits per heavy atom. The lowest BCUT2D eigenvalue weighted by Gasteiger charge is -2.04. The molecule has 1 saturated heterocycles. The molecule has 1 rings (SSSR count). The molecule has 0 amide bonds. The molecule has 0 saturated carbocycles. The number of carbonyl (C=O) groups is 2. The summed E-state index contributed by atoms with van der Waals surface area (Å²) in [5.74, 6) is 0. The molecule has 0 spiro atoms. The zero-order valence-corrected chi connectivity index (χ0v) is 3.45. The molecule has 1 aliphatic rings. The van der Waals surface area contributed by atoms with E-state index in [0.29, 0.717) is 11.8 Å². The summed E-state index contributed by atoms with van der Waals surface area (Å²) in [5, 5.41) is -1.000. The van der Waals surface area contributed by atoms with Crippen LogP contribution in [0.4, 0.5) is 9.59 Å². The van der Waals surface area contributed by atoms with E-state index in [1.54, 1.807) is 0 Å². The summed E-state index contributed by atoms with van der Waals surface area (Å²) in [5.41, 5.74) is 0. The third kappa shape index (κ3) is 0.386. The second kappa shape index (κ2) is 0.975. The maximum Gasteiger partial charge on any atom is 0.386 e. The Morgan fingerprint density at radius 2 is 1.67 bits per heavy atom. The number of rotatable bonds is 0. The average molecular weight is 104 g/mol. The number of carbonyl (C=O) groups excluding carboxylic acids is 2. The molecule has 4 heteroatoms. The zero-order chi connectivity index (χ0) is 4.57. The molecule has 1 fully saturated rings. The summed E-state index contributed by atoms with van der Waals surface area (Å²) in [6.45, 7) is 0. The Bertz CT molecular complexity index is 85.4. The Kier molecular flexibility index (Phi) is 0.597. The molecule has 0 aromatic heterocycles. The normalized spacial score (nSPS) is 19.3. The second-order valence-electron chi connectivity index (χ2n) is 0.704. The minimum Gasteiger partial charge on any atom is -0.375 e. The first-order valence-electron chi connectivity index (χ1n) is 1.22. The SMILES string of the molecule is O=C1OC(=O)S1. The number of thioether (sulfide) groups is 1. The summed E-state index contributed by atoms with van der Waals surface area (Å²) in [6.07, 6.45) is 0. The van der Waals surface area contributed by atoms with Gasteiger partial charge in [0.1, 0.15) is 0 Å². The van der Waals surface area contributed by atoms with Crippen LogP contribution < -0.4 is 0 Å². The van der Waals surface area contributed by atoms with Crippen LogP contribution in [0.3, 0.4) is 0 Å². The number of ether oxygens (including phenoxy) is 1. The molecule has 0 aromatic carbocycles. The van der Waals surface area contributed by atoms with E-state index in [1.165, 1.54) is 0 Å². The van der Waals surface area contributed by atoms with Gasteiger partial charge in [-0.05, 0) is 0 Å². The quantitative estimate of drug-likeness (QED) is 0.339. The monoisotopic (exact) mass is 104 g/mol. The van der Waals surface area contributed by atoms with Gasteiger partial charge in [0, 0.05) is 0 Å². The van der Waals surface area contributed by atoms with Crippen LogP contribution >= 0.6 is 11.8 Å². The molecule has 0 unspecified atom stereocenters. The smallest absolute Gasteiger partial charge is 0.375 e. The molecule has 0 aliphatic carbocycles. The molecular formula is C2O3S. The van der Waals surface area contributed by atoms with Gasteiger partial charge in [-0.15, -0.1) is 0 Å². The van der Waals surface area contributed by atoms with Gasteiger partial charge in [0.05, 0.1) is 11.8 Å². The summed E-state index contributed by atoms with van der Waals surface area (Å²) >= 11 is 0.583. The molecule has 32 valence electrons. The van der Waals surface area contributed by atoms with Crippen LogP contribution in [0.1, 0.15) is 0 Å². The van der Waals surface area contributed by atoms with Crippen molar-refractivity contribution in [3.63, 3.8) is 0 Å². The van der Waals surface area contributed by atoms with Gasteiger partial charge in [-0.2, -0.15) is 0 Å². The first-order valence-corrected chi connectivity index (χ1v) is 2.04. The first-order chi connectivity index (χ1) is 2.79. The lowest BCUT2D eigenvalue weighted by Crippen LogP contribution is -2.15. The van der Waals surface area contributed by atoms with E-state index in [-0.39, 0.29) is 0 Å². The largest absolute Gasteiger partial charge is 0.386 e. The highest BCUT2D eigenvalue weighted by Gasteiger charge is 2.26. The van der Waals surface area contributed by atoms with Gasteiger partial charge in [0.15, 0.2) is 0 Å². The second-order valence-corrected chi connectivity index (χ2v) is 1.57. The van der Waals surface area contributed by atoms with E-state index in [9.17, 15) is 9.59 Å². The van der Waals surface area contributed by atoms with Crippen LogP contribution in [0, 0.1) is 0 Å². The number of hydrogen-bond acceptors (Lipinski definition) is 4. The Hall–Kier alpha value is -0.510. The Morgan fingerprint density at radius 1 is 1.33 bits per heavy atom. The lowest BCUT2D eigenvalue weighted by molar-refractivity contribution is 0.178. The van der Waals surface area contributed by atoms with E-state index in [1.807, 2.05) is 0 Å². The van der Waals surface area contributed by atoms with Gasteiger partial charge < -0.3 is 4.74 Å². The third-order valence-electron chi connectivity index (χ3n) is 0.333. The molecule has 0 bridgehead atoms. The summed E-state index contributed by atoms with van der Waals surface area (Å²) in [7, 11) is 0. The molecule has 3 nitrogen and oxygen atoms in total. The van der Waals surface area contributed by atoms with Gasteiger partial charge in [-0.1, -0.05) is 0 Å². The van der Waals surface area contributed by atoms with Crippen molar-refractivity contribution in [2.45, 2.75) is 0 Å². The zero-order valence-electron chi connectivity index (χ0n) is 2.63. The number of hydrogen-bond donors (Lipinski definition) is 0. The predicted octanol–water partition coefficient (Wildman–Crippen LogP) is 0.990. The fourth-order valence-corrected chi connectivity index (χ4v) is 0.397. The fraction of sp³-hybridized carbons (Fsp3) is 0. The molecule has 1 aliphatic heterocycles. The first kappa shape index (κ1) is 3.67. The van der Waals surface area contributed by atoms with Gasteiger partial charge in [0.25, 0.3) is 0 Å². The summed E-state index contributed by atoms with van der Waals surface area (Å²) in [6, 6.07) is 0. The number of cyclic esters (lactones) is 2. The standard InChI is InChI=1S/C2O3S/c3-1-5-2(4)6-1. The van der Waals surface area contributed by atoms with E-state index in [0.717, 1.165) is 0 Å². The average Bonchev–Trinajstić information content (AvgIpc) is 1.33. The van der Waals surface area contributed by atoms with Crippen molar-refractivity contribution in [2.75, 3.05) is 0 Å². The van der Waals surface area contributed by atoms with Gasteiger partial charge in [0.2, 0.25) is 0 Å². The van der Waals surface area contributed by atoms with Crippen molar-refractivity contribution in [1.29, 1.82) is 0 Å². The highest BCUT2D eigenvalue weighted by Crippen LogP contribution is 2.20. The fourth-order valence-electron chi connectivity index (χ4n) is 0.144. The van der Waals surface area contributed by atoms with Crippen molar-refractivity contribution >= 4 is 22.4 Å². The maximum atomic E-state index is 9.63. The van der Waals surface area contributed by atoms with Gasteiger partial charge in [-0.25, -0.2) is 9.59 Å². The minimum atomic E-state index is -0.500. The predicted molar refractivity (Wildman–Crippen MR) is 19.5 cm³/mol. The minimum absolute atomic E-state index is 0.500. The van der Waals surface area contributed by atoms with E-state index >= 15 is 0 Å². The van der Waals surface area contributed by atoms with Crippen LogP contribution in [0.2, 0.25) is 0 Å².